The van der Waals surface area contributed by atoms with E-state index in [1.165, 1.54) is 0 Å². The van der Waals surface area contributed by atoms with E-state index in [1.807, 2.05) is 6.07 Å². The lowest BCUT2D eigenvalue weighted by molar-refractivity contribution is -0.176. The van der Waals surface area contributed by atoms with Gasteiger partial charge >= 0.3 is 11.9 Å². The van der Waals surface area contributed by atoms with E-state index in [0.29, 0.717) is 0 Å². The molecule has 1 aromatic heterocycles. The van der Waals surface area contributed by atoms with Crippen LogP contribution in [0.25, 0.3) is 0 Å². The summed E-state index contributed by atoms with van der Waals surface area (Å²) in [4.78, 5) is 29.3. The summed E-state index contributed by atoms with van der Waals surface area (Å²) in [5, 5.41) is 0. The van der Waals surface area contributed by atoms with Crippen molar-refractivity contribution in [1.82, 2.24) is 4.98 Å². The molecule has 0 saturated carbocycles. The zero-order valence-corrected chi connectivity index (χ0v) is 12.9. The highest BCUT2D eigenvalue weighted by molar-refractivity contribution is 6.01. The van der Waals surface area contributed by atoms with Gasteiger partial charge in [-0.3, -0.25) is 14.6 Å². The Morgan fingerprint density at radius 3 is 2.14 bits per heavy atom. The molecule has 0 fully saturated rings. The van der Waals surface area contributed by atoms with Crippen LogP contribution in [-0.2, 0) is 31.9 Å². The lowest BCUT2D eigenvalue weighted by Gasteiger charge is -2.26. The smallest absolute Gasteiger partial charge is 0.324 e. The van der Waals surface area contributed by atoms with Crippen LogP contribution in [0, 0.1) is 5.41 Å². The molecule has 0 aromatic carbocycles. The molecule has 0 saturated heterocycles. The van der Waals surface area contributed by atoms with Crippen molar-refractivity contribution in [3.8, 4) is 0 Å². The number of aromatic nitrogens is 1. The molecule has 0 aliphatic heterocycles. The van der Waals surface area contributed by atoms with Gasteiger partial charge in [-0.1, -0.05) is 6.07 Å². The summed E-state index contributed by atoms with van der Waals surface area (Å²) in [7, 11) is 0. The van der Waals surface area contributed by atoms with Crippen LogP contribution in [0.1, 0.15) is 39.0 Å². The van der Waals surface area contributed by atoms with E-state index >= 15 is 0 Å². The maximum Gasteiger partial charge on any atom is 0.324 e. The van der Waals surface area contributed by atoms with Gasteiger partial charge in [0, 0.05) is 24.7 Å². The third kappa shape index (κ3) is 3.06. The first-order valence-corrected chi connectivity index (χ1v) is 7.20. The fraction of sp³-hybridized carbons (Fsp3) is 0.562. The zero-order chi connectivity index (χ0) is 15.6. The zero-order valence-electron chi connectivity index (χ0n) is 12.9. The number of carbonyl (C=O) groups is 2. The second-order valence-corrected chi connectivity index (χ2v) is 5.95. The Hall–Kier alpha value is -1.91. The summed E-state index contributed by atoms with van der Waals surface area (Å²) in [5.74, 6) is -1.05. The Morgan fingerprint density at radius 1 is 1.10 bits per heavy atom. The Balaban J connectivity index is 2.33. The average Bonchev–Trinajstić information content (AvgIpc) is 2.77. The molecular weight excluding hydrogens is 270 g/mol. The molecule has 114 valence electrons. The van der Waals surface area contributed by atoms with Crippen molar-refractivity contribution >= 4 is 11.9 Å². The van der Waals surface area contributed by atoms with Gasteiger partial charge < -0.3 is 9.47 Å². The first-order valence-electron chi connectivity index (χ1n) is 7.20. The number of pyridine rings is 1. The summed E-state index contributed by atoms with van der Waals surface area (Å²) in [6.45, 7) is 7.05. The lowest BCUT2D eigenvalue weighted by Crippen LogP contribution is -2.44. The van der Waals surface area contributed by atoms with Gasteiger partial charge in [0.1, 0.15) is 0 Å². The number of rotatable bonds is 4. The van der Waals surface area contributed by atoms with Gasteiger partial charge in [-0.25, -0.2) is 0 Å². The van der Waals surface area contributed by atoms with Crippen LogP contribution in [0.15, 0.2) is 18.3 Å². The molecule has 0 radical (unpaired) electrons. The predicted octanol–water partition coefficient (Wildman–Crippen LogP) is 2.07. The van der Waals surface area contributed by atoms with Crippen LogP contribution < -0.4 is 0 Å². The van der Waals surface area contributed by atoms with Crippen LogP contribution >= 0.6 is 0 Å². The van der Waals surface area contributed by atoms with Crippen molar-refractivity contribution in [3.63, 3.8) is 0 Å². The van der Waals surface area contributed by atoms with E-state index in [2.05, 4.69) is 4.98 Å². The minimum Gasteiger partial charge on any atom is -0.462 e. The monoisotopic (exact) mass is 291 g/mol. The van der Waals surface area contributed by atoms with Gasteiger partial charge in [0.05, 0.1) is 12.2 Å². The molecule has 0 bridgehead atoms. The molecule has 0 amide bonds. The van der Waals surface area contributed by atoms with Crippen molar-refractivity contribution in [2.75, 3.05) is 0 Å². The van der Waals surface area contributed by atoms with E-state index < -0.39 is 17.4 Å². The molecule has 0 atom stereocenters. The third-order valence-electron chi connectivity index (χ3n) is 3.41. The normalized spacial score (nSPS) is 15.9. The number of hydrogen-bond donors (Lipinski definition) is 0. The van der Waals surface area contributed by atoms with Crippen LogP contribution in [-0.4, -0.2) is 29.1 Å². The highest BCUT2D eigenvalue weighted by atomic mass is 16.6. The van der Waals surface area contributed by atoms with Gasteiger partial charge in [-0.05, 0) is 39.3 Å². The number of hydrogen-bond acceptors (Lipinski definition) is 5. The third-order valence-corrected chi connectivity index (χ3v) is 3.41. The molecular formula is C16H21NO4. The molecule has 5 nitrogen and oxygen atoms in total. The van der Waals surface area contributed by atoms with Crippen molar-refractivity contribution in [1.29, 1.82) is 0 Å². The Kier molecular flexibility index (Phi) is 4.30. The number of carbonyl (C=O) groups excluding carboxylic acids is 2. The van der Waals surface area contributed by atoms with Crippen molar-refractivity contribution in [2.24, 2.45) is 5.41 Å². The minimum absolute atomic E-state index is 0.236. The minimum atomic E-state index is -1.30. The largest absolute Gasteiger partial charge is 0.462 e. The van der Waals surface area contributed by atoms with Gasteiger partial charge in [0.25, 0.3) is 0 Å². The quantitative estimate of drug-likeness (QED) is 0.627. The number of fused-ring (bicyclic) bond motifs is 1. The van der Waals surface area contributed by atoms with E-state index in [-0.39, 0.29) is 25.0 Å². The predicted molar refractivity (Wildman–Crippen MR) is 76.5 cm³/mol. The van der Waals surface area contributed by atoms with Gasteiger partial charge in [-0.2, -0.15) is 0 Å². The second-order valence-electron chi connectivity index (χ2n) is 5.95. The summed E-state index contributed by atoms with van der Waals surface area (Å²) >= 11 is 0. The standard InChI is InChI=1S/C16H21NO4/c1-10(2)20-14(18)16(15(19)21-11(3)4)8-12-6-5-7-17-13(12)9-16/h5-7,10-11H,8-9H2,1-4H3. The molecule has 2 rings (SSSR count). The first-order chi connectivity index (χ1) is 9.85. The first kappa shape index (κ1) is 15.5. The highest BCUT2D eigenvalue weighted by Crippen LogP contribution is 2.39. The molecule has 1 aromatic rings. The fourth-order valence-electron chi connectivity index (χ4n) is 2.49. The van der Waals surface area contributed by atoms with E-state index in [0.717, 1.165) is 11.3 Å². The Bertz CT molecular complexity index is 502. The van der Waals surface area contributed by atoms with Crippen molar-refractivity contribution in [2.45, 2.75) is 52.7 Å². The van der Waals surface area contributed by atoms with Crippen molar-refractivity contribution in [3.05, 3.63) is 29.6 Å². The molecule has 21 heavy (non-hydrogen) atoms. The van der Waals surface area contributed by atoms with Crippen LogP contribution in [0.4, 0.5) is 0 Å². The van der Waals surface area contributed by atoms with E-state index in [1.54, 1.807) is 40.0 Å². The topological polar surface area (TPSA) is 65.5 Å². The summed E-state index contributed by atoms with van der Waals surface area (Å²) < 4.78 is 10.6. The number of ether oxygens (including phenoxy) is 2. The summed E-state index contributed by atoms with van der Waals surface area (Å²) in [6.07, 6.45) is 1.63. The number of nitrogens with zero attached hydrogens (tertiary/aromatic N) is 1. The van der Waals surface area contributed by atoms with Crippen LogP contribution in [0.3, 0.4) is 0 Å². The molecule has 0 N–H and O–H groups in total. The second kappa shape index (κ2) is 5.84. The van der Waals surface area contributed by atoms with Crippen LogP contribution in [0.5, 0.6) is 0 Å². The van der Waals surface area contributed by atoms with Crippen LogP contribution in [0.2, 0.25) is 0 Å². The van der Waals surface area contributed by atoms with Gasteiger partial charge in [0.15, 0.2) is 5.41 Å². The number of esters is 2. The highest BCUT2D eigenvalue weighted by Gasteiger charge is 2.54. The molecule has 1 aliphatic rings. The summed E-state index contributed by atoms with van der Waals surface area (Å²) in [6, 6.07) is 3.69. The van der Waals surface area contributed by atoms with E-state index in [4.69, 9.17) is 9.47 Å². The Labute approximate surface area is 124 Å². The Morgan fingerprint density at radius 2 is 1.67 bits per heavy atom. The van der Waals surface area contributed by atoms with Gasteiger partial charge in [0.2, 0.25) is 0 Å². The molecule has 0 spiro atoms. The molecule has 1 aliphatic carbocycles. The molecule has 1 heterocycles. The van der Waals surface area contributed by atoms with Gasteiger partial charge in [-0.15, -0.1) is 0 Å². The fourth-order valence-corrected chi connectivity index (χ4v) is 2.49. The lowest BCUT2D eigenvalue weighted by atomic mass is 9.85. The SMILES string of the molecule is CC(C)OC(=O)C1(C(=O)OC(C)C)Cc2cccnc2C1. The van der Waals surface area contributed by atoms with Crippen molar-refractivity contribution < 1.29 is 19.1 Å². The molecule has 0 unspecified atom stereocenters. The van der Waals surface area contributed by atoms with E-state index in [9.17, 15) is 9.59 Å². The maximum absolute atomic E-state index is 12.5. The maximum atomic E-state index is 12.5. The molecule has 5 heteroatoms. The average molecular weight is 291 g/mol. The summed E-state index contributed by atoms with van der Waals surface area (Å²) in [5.41, 5.74) is 0.364.